The number of fused-ring (bicyclic) bond motifs is 17. The minimum atomic E-state index is -0.0388. The third-order valence-corrected chi connectivity index (χ3v) is 9.81. The molecule has 160 valence electrons. The Morgan fingerprint density at radius 2 is 1.15 bits per heavy atom. The van der Waals surface area contributed by atoms with E-state index in [1.807, 2.05) is 0 Å². The topological polar surface area (TPSA) is 0 Å². The molecule has 5 aromatic carbocycles. The van der Waals surface area contributed by atoms with Crippen molar-refractivity contribution in [3.63, 3.8) is 0 Å². The van der Waals surface area contributed by atoms with Crippen LogP contribution in [0.25, 0.3) is 21.9 Å². The van der Waals surface area contributed by atoms with Crippen LogP contribution >= 0.6 is 0 Å². The molecule has 0 heteroatoms. The molecular weight excluding hydrogens is 408 g/mol. The second-order valence-corrected chi connectivity index (χ2v) is 10.8. The van der Waals surface area contributed by atoms with Crippen molar-refractivity contribution in [2.45, 2.75) is 23.7 Å². The maximum Gasteiger partial charge on any atom is 0.0506 e. The first-order valence-corrected chi connectivity index (χ1v) is 12.7. The summed E-state index contributed by atoms with van der Waals surface area (Å²) in [5.41, 5.74) is 12.3. The van der Waals surface area contributed by atoms with E-state index in [2.05, 4.69) is 109 Å². The molecule has 0 amide bonds. The van der Waals surface area contributed by atoms with Crippen molar-refractivity contribution in [3.05, 3.63) is 143 Å². The lowest BCUT2D eigenvalue weighted by molar-refractivity contribution is 0.0895. The molecule has 0 heterocycles. The van der Waals surface area contributed by atoms with Crippen molar-refractivity contribution in [2.24, 2.45) is 11.8 Å². The van der Waals surface area contributed by atoms with Crippen LogP contribution in [0, 0.1) is 11.8 Å². The van der Waals surface area contributed by atoms with Crippen molar-refractivity contribution in [1.82, 2.24) is 0 Å². The van der Waals surface area contributed by atoms with Gasteiger partial charge in [-0.05, 0) is 85.4 Å². The molecule has 4 aliphatic rings. The number of benzene rings is 5. The third kappa shape index (κ3) is 1.78. The zero-order chi connectivity index (χ0) is 22.0. The van der Waals surface area contributed by atoms with Gasteiger partial charge >= 0.3 is 0 Å². The summed E-state index contributed by atoms with van der Waals surface area (Å²) in [5, 5.41) is 2.86. The standard InChI is InChI=1S/C34H24/c1-2-10-21-20(9-1)17-18-24-26(21)19-27-31(24)33-32(27)25-13-5-8-16-30(25)34(33)28-14-6-3-11-22(28)23-12-4-7-15-29(23)34/h1-18,27,31-33H,19H2/t27?,31-,32+,33-/m0/s1. The summed E-state index contributed by atoms with van der Waals surface area (Å²) in [6.45, 7) is 0. The molecule has 0 nitrogen and oxygen atoms in total. The van der Waals surface area contributed by atoms with Gasteiger partial charge < -0.3 is 0 Å². The summed E-state index contributed by atoms with van der Waals surface area (Å²) in [4.78, 5) is 0. The van der Waals surface area contributed by atoms with E-state index in [9.17, 15) is 0 Å². The van der Waals surface area contributed by atoms with Crippen molar-refractivity contribution in [1.29, 1.82) is 0 Å². The molecule has 1 unspecified atom stereocenters. The van der Waals surface area contributed by atoms with Gasteiger partial charge in [-0.25, -0.2) is 0 Å². The predicted molar refractivity (Wildman–Crippen MR) is 138 cm³/mol. The molecule has 34 heavy (non-hydrogen) atoms. The monoisotopic (exact) mass is 432 g/mol. The summed E-state index contributed by atoms with van der Waals surface area (Å²) >= 11 is 0. The van der Waals surface area contributed by atoms with Gasteiger partial charge in [0, 0.05) is 0 Å². The van der Waals surface area contributed by atoms with Gasteiger partial charge in [-0.3, -0.25) is 0 Å². The Morgan fingerprint density at radius 3 is 1.94 bits per heavy atom. The van der Waals surface area contributed by atoms with Gasteiger partial charge in [0.15, 0.2) is 0 Å². The van der Waals surface area contributed by atoms with Crippen LogP contribution in [0.2, 0.25) is 0 Å². The lowest BCUT2D eigenvalue weighted by Crippen LogP contribution is -2.48. The maximum atomic E-state index is 2.47. The van der Waals surface area contributed by atoms with Crippen LogP contribution < -0.4 is 0 Å². The minimum absolute atomic E-state index is 0.0388. The van der Waals surface area contributed by atoms with Crippen molar-refractivity contribution >= 4 is 10.8 Å². The Hall–Kier alpha value is -3.64. The predicted octanol–water partition coefficient (Wildman–Crippen LogP) is 7.84. The van der Waals surface area contributed by atoms with Gasteiger partial charge in [-0.1, -0.05) is 109 Å². The largest absolute Gasteiger partial charge is 0.0620 e. The molecular formula is C34H24. The zero-order valence-corrected chi connectivity index (χ0v) is 18.9. The van der Waals surface area contributed by atoms with E-state index < -0.39 is 0 Å². The van der Waals surface area contributed by atoms with Crippen LogP contribution in [-0.4, -0.2) is 0 Å². The van der Waals surface area contributed by atoms with Gasteiger partial charge in [-0.15, -0.1) is 0 Å². The molecule has 5 aromatic rings. The molecule has 0 bridgehead atoms. The van der Waals surface area contributed by atoms with E-state index in [0.29, 0.717) is 23.7 Å². The summed E-state index contributed by atoms with van der Waals surface area (Å²) in [5.74, 6) is 2.55. The van der Waals surface area contributed by atoms with E-state index in [1.54, 1.807) is 22.3 Å². The highest BCUT2D eigenvalue weighted by Crippen LogP contribution is 2.77. The molecule has 0 aromatic heterocycles. The van der Waals surface area contributed by atoms with Crippen molar-refractivity contribution < 1.29 is 0 Å². The molecule has 0 aliphatic heterocycles. The summed E-state index contributed by atoms with van der Waals surface area (Å²) in [7, 11) is 0. The molecule has 0 radical (unpaired) electrons. The molecule has 0 saturated heterocycles. The van der Waals surface area contributed by atoms with Crippen LogP contribution in [0.4, 0.5) is 0 Å². The van der Waals surface area contributed by atoms with E-state index in [0.717, 1.165) is 0 Å². The Kier molecular flexibility index (Phi) is 3.08. The Balaban J connectivity index is 1.37. The second kappa shape index (κ2) is 5.88. The fraction of sp³-hybridized carbons (Fsp3) is 0.176. The van der Waals surface area contributed by atoms with Crippen LogP contribution in [0.1, 0.15) is 45.2 Å². The third-order valence-electron chi connectivity index (χ3n) is 9.81. The van der Waals surface area contributed by atoms with Gasteiger partial charge in [-0.2, -0.15) is 0 Å². The quantitative estimate of drug-likeness (QED) is 0.234. The summed E-state index contributed by atoms with van der Waals surface area (Å²) < 4.78 is 0. The van der Waals surface area contributed by atoms with E-state index >= 15 is 0 Å². The van der Waals surface area contributed by atoms with Crippen molar-refractivity contribution in [3.8, 4) is 11.1 Å². The molecule has 0 N–H and O–H groups in total. The smallest absolute Gasteiger partial charge is 0.0506 e. The van der Waals surface area contributed by atoms with Crippen LogP contribution in [0.5, 0.6) is 0 Å². The highest BCUT2D eigenvalue weighted by atomic mass is 14.7. The molecule has 4 aliphatic carbocycles. The average Bonchev–Trinajstić information content (AvgIpc) is 3.46. The molecule has 4 atom stereocenters. The van der Waals surface area contributed by atoms with Crippen LogP contribution in [0.15, 0.2) is 109 Å². The number of rotatable bonds is 0. The fourth-order valence-corrected chi connectivity index (χ4v) is 8.85. The van der Waals surface area contributed by atoms with Gasteiger partial charge in [0.05, 0.1) is 5.41 Å². The summed E-state index contributed by atoms with van der Waals surface area (Å²) in [6, 6.07) is 41.8. The normalized spacial score (nSPS) is 25.8. The molecule has 1 fully saturated rings. The van der Waals surface area contributed by atoms with Gasteiger partial charge in [0.1, 0.15) is 0 Å². The SMILES string of the molecule is c1ccc2c(c1)-c1ccccc1C21c2ccccc2[C@@H]2C3Cc4c(ccc5ccccc45)[C@@H]3[C@@H]21. The summed E-state index contributed by atoms with van der Waals surface area (Å²) in [6.07, 6.45) is 1.22. The number of hydrogen-bond acceptors (Lipinski definition) is 0. The first kappa shape index (κ1) is 17.8. The first-order valence-electron chi connectivity index (χ1n) is 12.7. The Bertz CT molecular complexity index is 1630. The van der Waals surface area contributed by atoms with E-state index in [4.69, 9.17) is 0 Å². The molecule has 9 rings (SSSR count). The fourth-order valence-electron chi connectivity index (χ4n) is 8.85. The zero-order valence-electron chi connectivity index (χ0n) is 18.9. The number of hydrogen-bond donors (Lipinski definition) is 0. The lowest BCUT2D eigenvalue weighted by Gasteiger charge is -2.53. The highest BCUT2D eigenvalue weighted by Gasteiger charge is 2.69. The first-order chi connectivity index (χ1) is 16.9. The second-order valence-electron chi connectivity index (χ2n) is 10.8. The van der Waals surface area contributed by atoms with E-state index in [1.165, 1.54) is 39.4 Å². The molecule has 1 saturated carbocycles. The highest BCUT2D eigenvalue weighted by molar-refractivity contribution is 5.89. The van der Waals surface area contributed by atoms with E-state index in [-0.39, 0.29) is 5.41 Å². The van der Waals surface area contributed by atoms with Gasteiger partial charge in [0.25, 0.3) is 0 Å². The van der Waals surface area contributed by atoms with Crippen LogP contribution in [0.3, 0.4) is 0 Å². The molecule has 1 spiro atoms. The Morgan fingerprint density at radius 1 is 0.529 bits per heavy atom. The minimum Gasteiger partial charge on any atom is -0.0620 e. The van der Waals surface area contributed by atoms with Crippen LogP contribution in [-0.2, 0) is 11.8 Å². The average molecular weight is 433 g/mol. The lowest BCUT2D eigenvalue weighted by atomic mass is 9.49. The maximum absolute atomic E-state index is 2.47. The Labute approximate surface area is 199 Å². The van der Waals surface area contributed by atoms with Crippen molar-refractivity contribution in [2.75, 3.05) is 0 Å². The van der Waals surface area contributed by atoms with Gasteiger partial charge in [0.2, 0.25) is 0 Å².